The van der Waals surface area contributed by atoms with Crippen molar-refractivity contribution in [1.29, 1.82) is 0 Å². The van der Waals surface area contributed by atoms with Crippen molar-refractivity contribution in [3.8, 4) is 0 Å². The molecule has 0 heterocycles. The van der Waals surface area contributed by atoms with Gasteiger partial charge in [-0.2, -0.15) is 0 Å². The number of rotatable bonds is 4. The van der Waals surface area contributed by atoms with Crippen LogP contribution in [-0.4, -0.2) is 15.0 Å². The Labute approximate surface area is 121 Å². The Morgan fingerprint density at radius 2 is 1.86 bits per heavy atom. The van der Waals surface area contributed by atoms with Gasteiger partial charge in [0, 0.05) is 18.3 Å². The van der Waals surface area contributed by atoms with Crippen LogP contribution in [0.15, 0.2) is 47.4 Å². The Hall–Kier alpha value is -2.15. The van der Waals surface area contributed by atoms with Gasteiger partial charge in [0.1, 0.15) is 16.5 Å². The molecule has 0 spiro atoms. The van der Waals surface area contributed by atoms with Crippen LogP contribution in [-0.2, 0) is 10.0 Å². The van der Waals surface area contributed by atoms with Crippen molar-refractivity contribution in [1.82, 2.24) is 0 Å². The minimum atomic E-state index is -4.13. The Morgan fingerprint density at radius 3 is 2.43 bits per heavy atom. The summed E-state index contributed by atoms with van der Waals surface area (Å²) in [7, 11) is -4.13. The van der Waals surface area contributed by atoms with Crippen molar-refractivity contribution >= 4 is 21.4 Å². The number of anilines is 2. The zero-order valence-electron chi connectivity index (χ0n) is 11.3. The van der Waals surface area contributed by atoms with Gasteiger partial charge in [0.2, 0.25) is 0 Å². The predicted molar refractivity (Wildman–Crippen MR) is 77.4 cm³/mol. The van der Waals surface area contributed by atoms with Crippen LogP contribution in [0.1, 0.15) is 6.92 Å². The Kier molecular flexibility index (Phi) is 4.13. The van der Waals surface area contributed by atoms with Crippen LogP contribution in [0.4, 0.5) is 20.2 Å². The molecule has 0 unspecified atom stereocenters. The average molecular weight is 312 g/mol. The molecule has 7 heteroatoms. The molecule has 2 N–H and O–H groups in total. The van der Waals surface area contributed by atoms with Crippen LogP contribution in [0, 0.1) is 11.6 Å². The van der Waals surface area contributed by atoms with Crippen molar-refractivity contribution in [2.75, 3.05) is 16.6 Å². The number of hydrogen-bond acceptors (Lipinski definition) is 3. The molecule has 0 bridgehead atoms. The number of benzene rings is 2. The molecule has 2 rings (SSSR count). The first-order valence-electron chi connectivity index (χ1n) is 6.19. The average Bonchev–Trinajstić information content (AvgIpc) is 2.38. The summed E-state index contributed by atoms with van der Waals surface area (Å²) in [5.41, 5.74) is 6.35. The molecule has 4 nitrogen and oxygen atoms in total. The van der Waals surface area contributed by atoms with Gasteiger partial charge in [-0.05, 0) is 37.3 Å². The molecular formula is C14H14F2N2O2S. The van der Waals surface area contributed by atoms with Crippen molar-refractivity contribution in [3.63, 3.8) is 0 Å². The van der Waals surface area contributed by atoms with E-state index in [9.17, 15) is 17.2 Å². The molecule has 0 aliphatic carbocycles. The molecule has 0 radical (unpaired) electrons. The molecule has 2 aromatic carbocycles. The summed E-state index contributed by atoms with van der Waals surface area (Å²) in [5, 5.41) is 0. The number of hydrogen-bond donors (Lipinski definition) is 1. The first kappa shape index (κ1) is 15.2. The van der Waals surface area contributed by atoms with Gasteiger partial charge >= 0.3 is 0 Å². The van der Waals surface area contributed by atoms with Gasteiger partial charge in [0.05, 0.1) is 5.69 Å². The van der Waals surface area contributed by atoms with Gasteiger partial charge in [-0.1, -0.05) is 6.07 Å². The molecule has 21 heavy (non-hydrogen) atoms. The molecule has 0 amide bonds. The lowest BCUT2D eigenvalue weighted by molar-refractivity contribution is 0.547. The van der Waals surface area contributed by atoms with E-state index in [1.807, 2.05) is 0 Å². The third-order valence-corrected chi connectivity index (χ3v) is 4.84. The highest BCUT2D eigenvalue weighted by molar-refractivity contribution is 7.92. The van der Waals surface area contributed by atoms with E-state index in [1.165, 1.54) is 6.07 Å². The molecule has 0 aliphatic rings. The van der Waals surface area contributed by atoms with Crippen LogP contribution < -0.4 is 10.0 Å². The van der Waals surface area contributed by atoms with E-state index < -0.39 is 26.6 Å². The summed E-state index contributed by atoms with van der Waals surface area (Å²) in [6, 6.07) is 8.60. The summed E-state index contributed by atoms with van der Waals surface area (Å²) in [4.78, 5) is -0.576. The zero-order valence-corrected chi connectivity index (χ0v) is 12.1. The molecule has 0 fully saturated rings. The predicted octanol–water partition coefficient (Wildman–Crippen LogP) is 2.76. The minimum absolute atomic E-state index is 0.0859. The smallest absolute Gasteiger partial charge is 0.267 e. The van der Waals surface area contributed by atoms with Crippen molar-refractivity contribution in [2.45, 2.75) is 11.8 Å². The van der Waals surface area contributed by atoms with Crippen molar-refractivity contribution in [2.24, 2.45) is 0 Å². The molecule has 0 saturated carbocycles. The third-order valence-electron chi connectivity index (χ3n) is 2.91. The Morgan fingerprint density at radius 1 is 1.14 bits per heavy atom. The SMILES string of the molecule is CCN(c1cccc(N)c1)S(=O)(=O)c1ccc(F)cc1F. The highest BCUT2D eigenvalue weighted by Crippen LogP contribution is 2.26. The highest BCUT2D eigenvalue weighted by atomic mass is 32.2. The standard InChI is InChI=1S/C14H14F2N2O2S/c1-2-18(12-5-3-4-11(17)9-12)21(19,20)14-7-6-10(15)8-13(14)16/h3-9H,2,17H2,1H3. The quantitative estimate of drug-likeness (QED) is 0.883. The molecular weight excluding hydrogens is 298 g/mol. The maximum atomic E-state index is 13.8. The fraction of sp³-hybridized carbons (Fsp3) is 0.143. The minimum Gasteiger partial charge on any atom is -0.399 e. The normalized spacial score (nSPS) is 11.4. The number of nitrogens with two attached hydrogens (primary N) is 1. The van der Waals surface area contributed by atoms with Crippen LogP contribution >= 0.6 is 0 Å². The van der Waals surface area contributed by atoms with Gasteiger partial charge in [0.15, 0.2) is 0 Å². The number of sulfonamides is 1. The van der Waals surface area contributed by atoms with E-state index >= 15 is 0 Å². The van der Waals surface area contributed by atoms with Crippen LogP contribution in [0.25, 0.3) is 0 Å². The highest BCUT2D eigenvalue weighted by Gasteiger charge is 2.27. The van der Waals surface area contributed by atoms with Gasteiger partial charge in [-0.15, -0.1) is 0 Å². The number of halogens is 2. The van der Waals surface area contributed by atoms with E-state index in [0.717, 1.165) is 16.4 Å². The lowest BCUT2D eigenvalue weighted by Gasteiger charge is -2.23. The Bertz CT molecular complexity index is 763. The maximum absolute atomic E-state index is 13.8. The third kappa shape index (κ3) is 2.97. The summed E-state index contributed by atoms with van der Waals surface area (Å²) >= 11 is 0. The van der Waals surface area contributed by atoms with E-state index in [0.29, 0.717) is 17.4 Å². The van der Waals surface area contributed by atoms with Gasteiger partial charge in [-0.25, -0.2) is 17.2 Å². The largest absolute Gasteiger partial charge is 0.399 e. The van der Waals surface area contributed by atoms with E-state index in [1.54, 1.807) is 25.1 Å². The molecule has 0 aliphatic heterocycles. The first-order valence-corrected chi connectivity index (χ1v) is 7.63. The van der Waals surface area contributed by atoms with E-state index in [-0.39, 0.29) is 6.54 Å². The number of nitrogens with zero attached hydrogens (tertiary/aromatic N) is 1. The van der Waals surface area contributed by atoms with Gasteiger partial charge < -0.3 is 5.73 Å². The second kappa shape index (κ2) is 5.69. The molecule has 2 aromatic rings. The molecule has 0 atom stereocenters. The van der Waals surface area contributed by atoms with Crippen LogP contribution in [0.3, 0.4) is 0 Å². The first-order chi connectivity index (χ1) is 9.86. The second-order valence-corrected chi connectivity index (χ2v) is 6.17. The summed E-state index contributed by atoms with van der Waals surface area (Å²) in [6.07, 6.45) is 0. The maximum Gasteiger partial charge on any atom is 0.267 e. The zero-order chi connectivity index (χ0) is 15.6. The second-order valence-electron chi connectivity index (χ2n) is 4.34. The summed E-state index contributed by atoms with van der Waals surface area (Å²) < 4.78 is 52.8. The fourth-order valence-electron chi connectivity index (χ4n) is 1.97. The van der Waals surface area contributed by atoms with Crippen molar-refractivity contribution in [3.05, 3.63) is 54.1 Å². The molecule has 0 saturated heterocycles. The Balaban J connectivity index is 2.54. The van der Waals surface area contributed by atoms with Crippen molar-refractivity contribution < 1.29 is 17.2 Å². The lowest BCUT2D eigenvalue weighted by Crippen LogP contribution is -2.31. The summed E-state index contributed by atoms with van der Waals surface area (Å²) in [5.74, 6) is -1.96. The molecule has 112 valence electrons. The number of nitrogen functional groups attached to an aromatic ring is 1. The lowest BCUT2D eigenvalue weighted by atomic mass is 10.3. The van der Waals surface area contributed by atoms with Gasteiger partial charge in [-0.3, -0.25) is 4.31 Å². The van der Waals surface area contributed by atoms with Gasteiger partial charge in [0.25, 0.3) is 10.0 Å². The molecule has 0 aromatic heterocycles. The summed E-state index contributed by atoms with van der Waals surface area (Å²) in [6.45, 7) is 1.70. The van der Waals surface area contributed by atoms with Crippen LogP contribution in [0.5, 0.6) is 0 Å². The van der Waals surface area contributed by atoms with E-state index in [2.05, 4.69) is 0 Å². The van der Waals surface area contributed by atoms with Crippen LogP contribution in [0.2, 0.25) is 0 Å². The van der Waals surface area contributed by atoms with E-state index in [4.69, 9.17) is 5.73 Å². The fourth-order valence-corrected chi connectivity index (χ4v) is 3.49. The monoisotopic (exact) mass is 312 g/mol. The topological polar surface area (TPSA) is 63.4 Å².